The average molecular weight is 488 g/mol. The Morgan fingerprint density at radius 3 is 2.67 bits per heavy atom. The second-order valence-corrected chi connectivity index (χ2v) is 8.07. The van der Waals surface area contributed by atoms with Crippen molar-refractivity contribution in [3.8, 4) is 22.9 Å². The van der Waals surface area contributed by atoms with Crippen LogP contribution in [0.2, 0.25) is 0 Å². The van der Waals surface area contributed by atoms with E-state index in [4.69, 9.17) is 10.5 Å². The first-order valence-corrected chi connectivity index (χ1v) is 11.1. The van der Waals surface area contributed by atoms with Crippen LogP contribution in [0.4, 0.5) is 10.2 Å². The third-order valence-corrected chi connectivity index (χ3v) is 5.52. The number of nitrogens with zero attached hydrogens (tertiary/aromatic N) is 5. The number of carbonyl (C=O) groups is 2. The SMILES string of the molecule is NC(=O)c1cc(NC2CCNC2=O)nc(-c2ccc(Oc3ccc(F)cc3)cc2Cn2cncn2)n1. The van der Waals surface area contributed by atoms with Crippen molar-refractivity contribution in [1.29, 1.82) is 0 Å². The van der Waals surface area contributed by atoms with E-state index in [9.17, 15) is 14.0 Å². The first-order valence-electron chi connectivity index (χ1n) is 11.1. The van der Waals surface area contributed by atoms with Crippen LogP contribution in [-0.2, 0) is 11.3 Å². The van der Waals surface area contributed by atoms with Crippen LogP contribution >= 0.6 is 0 Å². The van der Waals surface area contributed by atoms with Crippen LogP contribution in [0.1, 0.15) is 22.5 Å². The van der Waals surface area contributed by atoms with Crippen molar-refractivity contribution < 1.29 is 18.7 Å². The first-order chi connectivity index (χ1) is 17.4. The fourth-order valence-corrected chi connectivity index (χ4v) is 3.79. The molecule has 1 unspecified atom stereocenters. The molecule has 2 aromatic carbocycles. The second kappa shape index (κ2) is 9.78. The van der Waals surface area contributed by atoms with Gasteiger partial charge in [0.15, 0.2) is 5.82 Å². The Kier molecular flexibility index (Phi) is 6.22. The molecule has 11 nitrogen and oxygen atoms in total. The fraction of sp³-hybridized carbons (Fsp3) is 0.167. The van der Waals surface area contributed by atoms with Gasteiger partial charge in [-0.05, 0) is 54.4 Å². The number of benzene rings is 2. The number of carbonyl (C=O) groups excluding carboxylic acids is 2. The maximum Gasteiger partial charge on any atom is 0.267 e. The highest BCUT2D eigenvalue weighted by molar-refractivity contribution is 5.92. The van der Waals surface area contributed by atoms with E-state index >= 15 is 0 Å². The van der Waals surface area contributed by atoms with Crippen LogP contribution < -0.4 is 21.1 Å². The number of rotatable bonds is 8. The average Bonchev–Trinajstić information content (AvgIpc) is 3.52. The van der Waals surface area contributed by atoms with Gasteiger partial charge in [0.05, 0.1) is 6.54 Å². The molecule has 1 fully saturated rings. The molecule has 182 valence electrons. The standard InChI is InChI=1S/C24H21FN8O3/c25-15-1-3-16(4-2-15)36-17-5-6-18(14(9-17)11-33-13-27-12-29-33)23-31-20(22(26)34)10-21(32-23)30-19-7-8-28-24(19)35/h1-6,9-10,12-13,19H,7-8,11H2,(H2,26,34)(H,28,35)(H,30,31,32). The maximum absolute atomic E-state index is 13.3. The molecule has 0 radical (unpaired) electrons. The van der Waals surface area contributed by atoms with Gasteiger partial charge in [-0.1, -0.05) is 0 Å². The number of halogens is 1. The molecular weight excluding hydrogens is 467 g/mol. The number of hydrogen-bond donors (Lipinski definition) is 3. The summed E-state index contributed by atoms with van der Waals surface area (Å²) in [6.45, 7) is 0.850. The molecule has 1 atom stereocenters. The lowest BCUT2D eigenvalue weighted by atomic mass is 10.1. The smallest absolute Gasteiger partial charge is 0.267 e. The van der Waals surface area contributed by atoms with Crippen molar-refractivity contribution >= 4 is 17.6 Å². The number of amides is 2. The zero-order valence-electron chi connectivity index (χ0n) is 18.9. The number of anilines is 1. The van der Waals surface area contributed by atoms with Gasteiger partial charge in [-0.3, -0.25) is 9.59 Å². The monoisotopic (exact) mass is 488 g/mol. The molecule has 0 spiro atoms. The third kappa shape index (κ3) is 5.12. The van der Waals surface area contributed by atoms with E-state index < -0.39 is 11.9 Å². The predicted molar refractivity (Wildman–Crippen MR) is 127 cm³/mol. The van der Waals surface area contributed by atoms with Gasteiger partial charge in [-0.15, -0.1) is 0 Å². The molecule has 12 heteroatoms. The Bertz CT molecular complexity index is 1410. The van der Waals surface area contributed by atoms with E-state index in [0.29, 0.717) is 48.0 Å². The van der Waals surface area contributed by atoms with E-state index in [1.54, 1.807) is 29.2 Å². The molecule has 2 amide bonds. The summed E-state index contributed by atoms with van der Waals surface area (Å²) >= 11 is 0. The van der Waals surface area contributed by atoms with Crippen LogP contribution in [0.25, 0.3) is 11.4 Å². The van der Waals surface area contributed by atoms with Gasteiger partial charge in [0.25, 0.3) is 5.91 Å². The van der Waals surface area contributed by atoms with Gasteiger partial charge in [-0.2, -0.15) is 5.10 Å². The van der Waals surface area contributed by atoms with Gasteiger partial charge in [0.2, 0.25) is 5.91 Å². The Morgan fingerprint density at radius 2 is 1.97 bits per heavy atom. The van der Waals surface area contributed by atoms with Gasteiger partial charge >= 0.3 is 0 Å². The summed E-state index contributed by atoms with van der Waals surface area (Å²) < 4.78 is 20.8. The summed E-state index contributed by atoms with van der Waals surface area (Å²) in [6, 6.07) is 11.8. The number of primary amides is 1. The molecule has 3 heterocycles. The van der Waals surface area contributed by atoms with Crippen LogP contribution in [0.15, 0.2) is 61.2 Å². The lowest BCUT2D eigenvalue weighted by Crippen LogP contribution is -2.30. The first kappa shape index (κ1) is 22.9. The molecule has 4 aromatic rings. The van der Waals surface area contributed by atoms with Crippen molar-refractivity contribution in [2.75, 3.05) is 11.9 Å². The predicted octanol–water partition coefficient (Wildman–Crippen LogP) is 2.11. The maximum atomic E-state index is 13.3. The highest BCUT2D eigenvalue weighted by Gasteiger charge is 2.25. The molecule has 1 aliphatic rings. The van der Waals surface area contributed by atoms with E-state index in [1.807, 2.05) is 0 Å². The molecule has 2 aromatic heterocycles. The van der Waals surface area contributed by atoms with Gasteiger partial charge in [-0.25, -0.2) is 24.0 Å². The summed E-state index contributed by atoms with van der Waals surface area (Å²) in [4.78, 5) is 36.9. The molecule has 5 rings (SSSR count). The Balaban J connectivity index is 1.54. The summed E-state index contributed by atoms with van der Waals surface area (Å²) in [5, 5.41) is 9.97. The molecule has 0 aliphatic carbocycles. The lowest BCUT2D eigenvalue weighted by Gasteiger charge is -2.15. The normalized spacial score (nSPS) is 14.9. The van der Waals surface area contributed by atoms with Crippen molar-refractivity contribution in [2.45, 2.75) is 19.0 Å². The summed E-state index contributed by atoms with van der Waals surface area (Å²) in [7, 11) is 0. The molecule has 0 bridgehead atoms. The topological polar surface area (TPSA) is 150 Å². The van der Waals surface area contributed by atoms with Crippen LogP contribution in [0.5, 0.6) is 11.5 Å². The van der Waals surface area contributed by atoms with Crippen molar-refractivity contribution in [3.05, 3.63) is 78.3 Å². The minimum Gasteiger partial charge on any atom is -0.457 e. The van der Waals surface area contributed by atoms with Gasteiger partial charge in [0.1, 0.15) is 47.5 Å². The zero-order valence-corrected chi connectivity index (χ0v) is 18.9. The van der Waals surface area contributed by atoms with E-state index in [1.165, 1.54) is 36.7 Å². The quantitative estimate of drug-likeness (QED) is 0.341. The Hall–Kier alpha value is -4.87. The fourth-order valence-electron chi connectivity index (χ4n) is 3.79. The third-order valence-electron chi connectivity index (χ3n) is 5.52. The lowest BCUT2D eigenvalue weighted by molar-refractivity contribution is -0.119. The van der Waals surface area contributed by atoms with Crippen molar-refractivity contribution in [3.63, 3.8) is 0 Å². The van der Waals surface area contributed by atoms with Gasteiger partial charge in [0, 0.05) is 18.2 Å². The molecule has 1 aliphatic heterocycles. The zero-order chi connectivity index (χ0) is 25.1. The van der Waals surface area contributed by atoms with Gasteiger partial charge < -0.3 is 21.1 Å². The van der Waals surface area contributed by atoms with Crippen LogP contribution in [0, 0.1) is 5.82 Å². The van der Waals surface area contributed by atoms with Crippen LogP contribution in [0.3, 0.4) is 0 Å². The highest BCUT2D eigenvalue weighted by Crippen LogP contribution is 2.30. The number of ether oxygens (including phenoxy) is 1. The van der Waals surface area contributed by atoms with Crippen molar-refractivity contribution in [1.82, 2.24) is 30.0 Å². The Morgan fingerprint density at radius 1 is 1.17 bits per heavy atom. The minimum atomic E-state index is -0.730. The molecule has 0 saturated carbocycles. The largest absolute Gasteiger partial charge is 0.457 e. The molecular formula is C24H21FN8O3. The summed E-state index contributed by atoms with van der Waals surface area (Å²) in [5.74, 6) is 0.244. The summed E-state index contributed by atoms with van der Waals surface area (Å²) in [6.07, 6.45) is 3.55. The number of nitrogens with two attached hydrogens (primary N) is 1. The number of aromatic nitrogens is 5. The van der Waals surface area contributed by atoms with Crippen LogP contribution in [-0.4, -0.2) is 49.1 Å². The number of nitrogens with one attached hydrogen (secondary N) is 2. The summed E-state index contributed by atoms with van der Waals surface area (Å²) in [5.41, 5.74) is 6.84. The van der Waals surface area contributed by atoms with E-state index in [-0.39, 0.29) is 23.2 Å². The number of hydrogen-bond acceptors (Lipinski definition) is 8. The van der Waals surface area contributed by atoms with E-state index in [2.05, 4.69) is 30.7 Å². The second-order valence-electron chi connectivity index (χ2n) is 8.07. The highest BCUT2D eigenvalue weighted by atomic mass is 19.1. The Labute approximate surface area is 204 Å². The van der Waals surface area contributed by atoms with E-state index in [0.717, 1.165) is 0 Å². The molecule has 1 saturated heterocycles. The molecule has 4 N–H and O–H groups in total. The minimum absolute atomic E-state index is 0.000695. The van der Waals surface area contributed by atoms with Crippen molar-refractivity contribution in [2.24, 2.45) is 5.73 Å². The molecule has 36 heavy (non-hydrogen) atoms.